The molecule has 1 aromatic rings. The van der Waals surface area contributed by atoms with Crippen LogP contribution >= 0.6 is 11.6 Å². The summed E-state index contributed by atoms with van der Waals surface area (Å²) in [7, 11) is 0. The van der Waals surface area contributed by atoms with E-state index in [1.807, 2.05) is 0 Å². The summed E-state index contributed by atoms with van der Waals surface area (Å²) in [6.45, 7) is 1.87. The number of para-hydroxylation sites is 1. The van der Waals surface area contributed by atoms with Crippen LogP contribution in [0.3, 0.4) is 0 Å². The maximum absolute atomic E-state index is 9.23. The molecule has 1 atom stereocenters. The predicted molar refractivity (Wildman–Crippen MR) is 68.2 cm³/mol. The molecule has 0 spiro atoms. The molecule has 17 heavy (non-hydrogen) atoms. The largest absolute Gasteiger partial charge is 0.396 e. The molecule has 1 aromatic carbocycles. The van der Waals surface area contributed by atoms with Gasteiger partial charge in [-0.05, 0) is 30.9 Å². The van der Waals surface area contributed by atoms with Gasteiger partial charge in [-0.2, -0.15) is 5.26 Å². The van der Waals surface area contributed by atoms with Crippen molar-refractivity contribution < 1.29 is 5.11 Å². The third-order valence-electron chi connectivity index (χ3n) is 3.20. The highest BCUT2D eigenvalue weighted by Crippen LogP contribution is 2.32. The number of nitrogens with zero attached hydrogens (tertiary/aromatic N) is 2. The molecule has 3 nitrogen and oxygen atoms in total. The normalized spacial score (nSPS) is 20.1. The SMILES string of the molecule is N#Cc1cccc(Cl)c1N1CCCC(CO)C1. The molecular formula is C13H15ClN2O. The lowest BCUT2D eigenvalue weighted by Gasteiger charge is -2.34. The fourth-order valence-electron chi connectivity index (χ4n) is 2.34. The summed E-state index contributed by atoms with van der Waals surface area (Å²) in [5.74, 6) is 0.284. The van der Waals surface area contributed by atoms with Gasteiger partial charge in [0.1, 0.15) is 6.07 Å². The first-order chi connectivity index (χ1) is 8.26. The highest BCUT2D eigenvalue weighted by Gasteiger charge is 2.22. The Bertz CT molecular complexity index is 442. The van der Waals surface area contributed by atoms with Gasteiger partial charge in [0.2, 0.25) is 0 Å². The first-order valence-electron chi connectivity index (χ1n) is 5.80. The molecule has 1 N–H and O–H groups in total. The average molecular weight is 251 g/mol. The Morgan fingerprint density at radius 2 is 2.35 bits per heavy atom. The molecule has 1 heterocycles. The molecule has 0 saturated carbocycles. The highest BCUT2D eigenvalue weighted by molar-refractivity contribution is 6.33. The van der Waals surface area contributed by atoms with E-state index in [2.05, 4.69) is 11.0 Å². The maximum Gasteiger partial charge on any atom is 0.101 e. The molecule has 0 amide bonds. The number of nitriles is 1. The lowest BCUT2D eigenvalue weighted by atomic mass is 9.98. The number of hydrogen-bond acceptors (Lipinski definition) is 3. The molecule has 1 unspecified atom stereocenters. The van der Waals surface area contributed by atoms with E-state index in [9.17, 15) is 5.11 Å². The van der Waals surface area contributed by atoms with E-state index >= 15 is 0 Å². The van der Waals surface area contributed by atoms with E-state index in [1.165, 1.54) is 0 Å². The van der Waals surface area contributed by atoms with Crippen molar-refractivity contribution >= 4 is 17.3 Å². The van der Waals surface area contributed by atoms with Gasteiger partial charge in [0.15, 0.2) is 0 Å². The number of aliphatic hydroxyl groups is 1. The van der Waals surface area contributed by atoms with Crippen molar-refractivity contribution in [2.24, 2.45) is 5.92 Å². The number of anilines is 1. The topological polar surface area (TPSA) is 47.3 Å². The van der Waals surface area contributed by atoms with Crippen molar-refractivity contribution in [2.45, 2.75) is 12.8 Å². The van der Waals surface area contributed by atoms with Crippen LogP contribution in [0.4, 0.5) is 5.69 Å². The first kappa shape index (κ1) is 12.2. The third-order valence-corrected chi connectivity index (χ3v) is 3.51. The van der Waals surface area contributed by atoms with Gasteiger partial charge in [0.05, 0.1) is 16.3 Å². The molecule has 1 saturated heterocycles. The van der Waals surface area contributed by atoms with Crippen LogP contribution in [0, 0.1) is 17.2 Å². The molecular weight excluding hydrogens is 236 g/mol. The molecule has 0 radical (unpaired) electrons. The Morgan fingerprint density at radius 3 is 3.06 bits per heavy atom. The lowest BCUT2D eigenvalue weighted by molar-refractivity contribution is 0.208. The van der Waals surface area contributed by atoms with Crippen LogP contribution in [0.1, 0.15) is 18.4 Å². The summed E-state index contributed by atoms with van der Waals surface area (Å²) in [5, 5.41) is 19.0. The van der Waals surface area contributed by atoms with Gasteiger partial charge in [-0.25, -0.2) is 0 Å². The third kappa shape index (κ3) is 2.54. The minimum absolute atomic E-state index is 0.197. The molecule has 0 aliphatic carbocycles. The Hall–Kier alpha value is -1.24. The van der Waals surface area contributed by atoms with Crippen LogP contribution in [0.25, 0.3) is 0 Å². The highest BCUT2D eigenvalue weighted by atomic mass is 35.5. The smallest absolute Gasteiger partial charge is 0.101 e. The standard InChI is InChI=1S/C13H15ClN2O/c14-12-5-1-4-11(7-15)13(12)16-6-2-3-10(8-16)9-17/h1,4-5,10,17H,2-3,6,8-9H2. The van der Waals surface area contributed by atoms with Crippen LogP contribution in [0.15, 0.2) is 18.2 Å². The second-order valence-electron chi connectivity index (χ2n) is 4.38. The Morgan fingerprint density at radius 1 is 1.53 bits per heavy atom. The zero-order valence-electron chi connectivity index (χ0n) is 9.56. The molecule has 0 aromatic heterocycles. The van der Waals surface area contributed by atoms with Crippen LogP contribution in [-0.2, 0) is 0 Å². The van der Waals surface area contributed by atoms with Gasteiger partial charge in [-0.3, -0.25) is 0 Å². The van der Waals surface area contributed by atoms with Crippen molar-refractivity contribution in [3.8, 4) is 6.07 Å². The Kier molecular flexibility index (Phi) is 3.88. The van der Waals surface area contributed by atoms with E-state index < -0.39 is 0 Å². The van der Waals surface area contributed by atoms with Crippen LogP contribution in [0.2, 0.25) is 5.02 Å². The average Bonchev–Trinajstić information content (AvgIpc) is 2.38. The number of rotatable bonds is 2. The summed E-state index contributed by atoms with van der Waals surface area (Å²) < 4.78 is 0. The number of piperidine rings is 1. The van der Waals surface area contributed by atoms with Crippen molar-refractivity contribution in [2.75, 3.05) is 24.6 Å². The van der Waals surface area contributed by atoms with E-state index in [1.54, 1.807) is 18.2 Å². The molecule has 1 aliphatic rings. The van der Waals surface area contributed by atoms with Gasteiger partial charge in [-0.15, -0.1) is 0 Å². The van der Waals surface area contributed by atoms with Gasteiger partial charge in [0, 0.05) is 19.7 Å². The van der Waals surface area contributed by atoms with E-state index in [-0.39, 0.29) is 12.5 Å². The molecule has 90 valence electrons. The summed E-state index contributed by atoms with van der Waals surface area (Å²) in [6.07, 6.45) is 2.07. The summed E-state index contributed by atoms with van der Waals surface area (Å²) in [4.78, 5) is 2.12. The van der Waals surface area contributed by atoms with Crippen molar-refractivity contribution in [3.63, 3.8) is 0 Å². The number of hydrogen-bond donors (Lipinski definition) is 1. The first-order valence-corrected chi connectivity index (χ1v) is 6.18. The van der Waals surface area contributed by atoms with Gasteiger partial charge in [-0.1, -0.05) is 17.7 Å². The van der Waals surface area contributed by atoms with E-state index in [4.69, 9.17) is 16.9 Å². The fraction of sp³-hybridized carbons (Fsp3) is 0.462. The monoisotopic (exact) mass is 250 g/mol. The predicted octanol–water partition coefficient (Wildman–Crippen LogP) is 2.42. The zero-order chi connectivity index (χ0) is 12.3. The van der Waals surface area contributed by atoms with Gasteiger partial charge in [0.25, 0.3) is 0 Å². The molecule has 1 fully saturated rings. The minimum atomic E-state index is 0.197. The minimum Gasteiger partial charge on any atom is -0.396 e. The van der Waals surface area contributed by atoms with Crippen molar-refractivity contribution in [3.05, 3.63) is 28.8 Å². The number of benzene rings is 1. The van der Waals surface area contributed by atoms with E-state index in [0.717, 1.165) is 31.6 Å². The van der Waals surface area contributed by atoms with Gasteiger partial charge >= 0.3 is 0 Å². The van der Waals surface area contributed by atoms with Crippen LogP contribution in [-0.4, -0.2) is 24.8 Å². The Balaban J connectivity index is 2.30. The van der Waals surface area contributed by atoms with Crippen molar-refractivity contribution in [1.29, 1.82) is 5.26 Å². The van der Waals surface area contributed by atoms with Crippen LogP contribution < -0.4 is 4.90 Å². The quantitative estimate of drug-likeness (QED) is 0.877. The maximum atomic E-state index is 9.23. The van der Waals surface area contributed by atoms with Crippen molar-refractivity contribution in [1.82, 2.24) is 0 Å². The molecule has 2 rings (SSSR count). The number of halogens is 1. The molecule has 1 aliphatic heterocycles. The summed E-state index contributed by atoms with van der Waals surface area (Å²) in [6, 6.07) is 7.55. The summed E-state index contributed by atoms with van der Waals surface area (Å²) in [5.41, 5.74) is 1.42. The van der Waals surface area contributed by atoms with Gasteiger partial charge < -0.3 is 10.0 Å². The Labute approximate surface area is 106 Å². The second kappa shape index (κ2) is 5.39. The zero-order valence-corrected chi connectivity index (χ0v) is 10.3. The molecule has 0 bridgehead atoms. The van der Waals surface area contributed by atoms with Crippen LogP contribution in [0.5, 0.6) is 0 Å². The number of aliphatic hydroxyl groups excluding tert-OH is 1. The molecule has 4 heteroatoms. The lowest BCUT2D eigenvalue weighted by Crippen LogP contribution is -2.37. The second-order valence-corrected chi connectivity index (χ2v) is 4.79. The van der Waals surface area contributed by atoms with E-state index in [0.29, 0.717) is 10.6 Å². The fourth-order valence-corrected chi connectivity index (χ4v) is 2.64. The summed E-state index contributed by atoms with van der Waals surface area (Å²) >= 11 is 6.18.